The van der Waals surface area contributed by atoms with Crippen molar-refractivity contribution in [3.8, 4) is 0 Å². The Hall–Kier alpha value is -0.840. The number of nitrogens with one attached hydrogen (secondary N) is 1. The maximum Gasteiger partial charge on any atom is 0.126 e. The molecule has 2 rings (SSSR count). The molecule has 112 valence electrons. The minimum Gasteiger partial charge on any atom is -0.396 e. The van der Waals surface area contributed by atoms with Gasteiger partial charge in [-0.05, 0) is 43.9 Å². The van der Waals surface area contributed by atoms with Crippen LogP contribution in [-0.2, 0) is 6.54 Å². The van der Waals surface area contributed by atoms with Gasteiger partial charge in [0.15, 0.2) is 0 Å². The van der Waals surface area contributed by atoms with E-state index in [1.165, 1.54) is 0 Å². The summed E-state index contributed by atoms with van der Waals surface area (Å²) in [4.78, 5) is 6.94. The van der Waals surface area contributed by atoms with Crippen molar-refractivity contribution in [2.45, 2.75) is 32.7 Å². The quantitative estimate of drug-likeness (QED) is 0.848. The van der Waals surface area contributed by atoms with E-state index in [9.17, 15) is 5.11 Å². The monoisotopic (exact) mass is 297 g/mol. The van der Waals surface area contributed by atoms with E-state index in [0.717, 1.165) is 62.0 Å². The third-order valence-corrected chi connectivity index (χ3v) is 4.05. The Kier molecular flexibility index (Phi) is 6.07. The van der Waals surface area contributed by atoms with Crippen molar-refractivity contribution in [3.05, 3.63) is 22.8 Å². The Morgan fingerprint density at radius 3 is 3.10 bits per heavy atom. The van der Waals surface area contributed by atoms with E-state index in [2.05, 4.69) is 22.1 Å². The van der Waals surface area contributed by atoms with Crippen molar-refractivity contribution in [3.63, 3.8) is 0 Å². The first-order valence-electron chi connectivity index (χ1n) is 7.45. The van der Waals surface area contributed by atoms with Crippen LogP contribution in [0.2, 0.25) is 5.02 Å². The van der Waals surface area contributed by atoms with Crippen molar-refractivity contribution in [1.82, 2.24) is 9.88 Å². The van der Waals surface area contributed by atoms with Crippen molar-refractivity contribution < 1.29 is 5.11 Å². The van der Waals surface area contributed by atoms with Gasteiger partial charge in [-0.3, -0.25) is 4.90 Å². The van der Waals surface area contributed by atoms with Gasteiger partial charge in [0.2, 0.25) is 0 Å². The Morgan fingerprint density at radius 2 is 2.35 bits per heavy atom. The summed E-state index contributed by atoms with van der Waals surface area (Å²) < 4.78 is 0. The molecule has 0 spiro atoms. The van der Waals surface area contributed by atoms with Crippen LogP contribution in [0, 0.1) is 5.92 Å². The molecule has 1 aliphatic rings. The van der Waals surface area contributed by atoms with E-state index < -0.39 is 0 Å². The molecule has 1 saturated heterocycles. The number of hydrogen-bond acceptors (Lipinski definition) is 4. The molecule has 0 amide bonds. The highest BCUT2D eigenvalue weighted by Gasteiger charge is 2.20. The van der Waals surface area contributed by atoms with E-state index >= 15 is 0 Å². The Morgan fingerprint density at radius 1 is 1.50 bits per heavy atom. The molecule has 4 nitrogen and oxygen atoms in total. The zero-order valence-corrected chi connectivity index (χ0v) is 12.9. The molecular formula is C15H24ClN3O. The standard InChI is InChI=1S/C15H24ClN3O/c1-2-7-17-15-6-5-13(16)14(18-15)10-19-8-3-4-12(9-19)11-20/h5-6,12,20H,2-4,7-11H2,1H3,(H,17,18). The van der Waals surface area contributed by atoms with Crippen LogP contribution in [0.4, 0.5) is 5.82 Å². The molecule has 2 N–H and O–H groups in total. The molecule has 0 saturated carbocycles. The number of likely N-dealkylation sites (tertiary alicyclic amines) is 1. The van der Waals surface area contributed by atoms with E-state index in [0.29, 0.717) is 5.92 Å². The van der Waals surface area contributed by atoms with Gasteiger partial charge >= 0.3 is 0 Å². The average Bonchev–Trinajstić information content (AvgIpc) is 2.48. The van der Waals surface area contributed by atoms with Crippen molar-refractivity contribution >= 4 is 17.4 Å². The summed E-state index contributed by atoms with van der Waals surface area (Å²) in [6.45, 7) is 6.08. The van der Waals surface area contributed by atoms with Gasteiger partial charge in [-0.25, -0.2) is 4.98 Å². The SMILES string of the molecule is CCCNc1ccc(Cl)c(CN2CCCC(CO)C2)n1. The molecule has 0 aliphatic carbocycles. The number of aliphatic hydroxyl groups excluding tert-OH is 1. The maximum atomic E-state index is 9.29. The van der Waals surface area contributed by atoms with Crippen LogP contribution in [-0.4, -0.2) is 41.2 Å². The molecule has 1 aliphatic heterocycles. The number of rotatable bonds is 6. The highest BCUT2D eigenvalue weighted by Crippen LogP contribution is 2.22. The van der Waals surface area contributed by atoms with Gasteiger partial charge in [-0.2, -0.15) is 0 Å². The number of hydrogen-bond donors (Lipinski definition) is 2. The van der Waals surface area contributed by atoms with E-state index in [1.54, 1.807) is 0 Å². The third kappa shape index (κ3) is 4.33. The first-order chi connectivity index (χ1) is 9.72. The molecule has 1 atom stereocenters. The summed E-state index contributed by atoms with van der Waals surface area (Å²) in [5.41, 5.74) is 0.923. The zero-order valence-electron chi connectivity index (χ0n) is 12.1. The second kappa shape index (κ2) is 7.81. The summed E-state index contributed by atoms with van der Waals surface area (Å²) in [5.74, 6) is 1.28. The number of piperidine rings is 1. The second-order valence-electron chi connectivity index (χ2n) is 5.48. The number of anilines is 1. The van der Waals surface area contributed by atoms with Gasteiger partial charge < -0.3 is 10.4 Å². The fourth-order valence-corrected chi connectivity index (χ4v) is 2.77. The minimum absolute atomic E-state index is 0.274. The fraction of sp³-hybridized carbons (Fsp3) is 0.667. The number of nitrogens with zero attached hydrogens (tertiary/aromatic N) is 2. The van der Waals surface area contributed by atoms with Gasteiger partial charge in [0, 0.05) is 26.2 Å². The molecule has 1 aromatic heterocycles. The predicted molar refractivity (Wildman–Crippen MR) is 83.1 cm³/mol. The van der Waals surface area contributed by atoms with E-state index in [-0.39, 0.29) is 6.61 Å². The molecule has 0 radical (unpaired) electrons. The predicted octanol–water partition coefficient (Wildman–Crippen LogP) is 2.76. The van der Waals surface area contributed by atoms with Gasteiger partial charge in [0.1, 0.15) is 5.82 Å². The number of aliphatic hydroxyl groups is 1. The number of pyridine rings is 1. The molecule has 0 bridgehead atoms. The lowest BCUT2D eigenvalue weighted by Gasteiger charge is -2.31. The van der Waals surface area contributed by atoms with Gasteiger partial charge in [-0.15, -0.1) is 0 Å². The molecular weight excluding hydrogens is 274 g/mol. The Labute approximate surface area is 126 Å². The molecule has 20 heavy (non-hydrogen) atoms. The van der Waals surface area contributed by atoms with Gasteiger partial charge in [-0.1, -0.05) is 18.5 Å². The van der Waals surface area contributed by atoms with Crippen LogP contribution < -0.4 is 5.32 Å². The van der Waals surface area contributed by atoms with E-state index in [1.807, 2.05) is 12.1 Å². The lowest BCUT2D eigenvalue weighted by molar-refractivity contribution is 0.115. The molecule has 1 unspecified atom stereocenters. The van der Waals surface area contributed by atoms with Crippen LogP contribution in [0.15, 0.2) is 12.1 Å². The first-order valence-corrected chi connectivity index (χ1v) is 7.83. The van der Waals surface area contributed by atoms with Gasteiger partial charge in [0.05, 0.1) is 10.7 Å². The Balaban J connectivity index is 2.00. The number of halogens is 1. The highest BCUT2D eigenvalue weighted by molar-refractivity contribution is 6.31. The molecule has 1 fully saturated rings. The second-order valence-corrected chi connectivity index (χ2v) is 5.88. The van der Waals surface area contributed by atoms with Crippen molar-refractivity contribution in [2.24, 2.45) is 5.92 Å². The largest absolute Gasteiger partial charge is 0.396 e. The summed E-state index contributed by atoms with van der Waals surface area (Å²) in [5, 5.41) is 13.3. The molecule has 2 heterocycles. The van der Waals surface area contributed by atoms with Crippen molar-refractivity contribution in [1.29, 1.82) is 0 Å². The lowest BCUT2D eigenvalue weighted by atomic mass is 9.99. The molecule has 1 aromatic rings. The Bertz CT molecular complexity index is 428. The summed E-state index contributed by atoms with van der Waals surface area (Å²) in [6, 6.07) is 3.84. The van der Waals surface area contributed by atoms with E-state index in [4.69, 9.17) is 11.6 Å². The molecule has 5 heteroatoms. The minimum atomic E-state index is 0.274. The lowest BCUT2D eigenvalue weighted by Crippen LogP contribution is -2.36. The zero-order chi connectivity index (χ0) is 14.4. The van der Waals surface area contributed by atoms with Crippen LogP contribution in [0.1, 0.15) is 31.9 Å². The fourth-order valence-electron chi connectivity index (χ4n) is 2.60. The summed E-state index contributed by atoms with van der Waals surface area (Å²) >= 11 is 6.25. The topological polar surface area (TPSA) is 48.4 Å². The van der Waals surface area contributed by atoms with Crippen LogP contribution in [0.25, 0.3) is 0 Å². The number of aromatic nitrogens is 1. The van der Waals surface area contributed by atoms with Crippen LogP contribution in [0.3, 0.4) is 0 Å². The van der Waals surface area contributed by atoms with Crippen molar-refractivity contribution in [2.75, 3.05) is 31.6 Å². The smallest absolute Gasteiger partial charge is 0.126 e. The first kappa shape index (κ1) is 15.5. The maximum absolute atomic E-state index is 9.29. The summed E-state index contributed by atoms with van der Waals surface area (Å²) in [7, 11) is 0. The summed E-state index contributed by atoms with van der Waals surface area (Å²) in [6.07, 6.45) is 3.33. The molecule has 0 aromatic carbocycles. The normalized spacial score (nSPS) is 20.1. The third-order valence-electron chi connectivity index (χ3n) is 3.71. The van der Waals surface area contributed by atoms with Crippen LogP contribution >= 0.6 is 11.6 Å². The highest BCUT2D eigenvalue weighted by atomic mass is 35.5. The average molecular weight is 298 g/mol. The van der Waals surface area contributed by atoms with Gasteiger partial charge in [0.25, 0.3) is 0 Å². The van der Waals surface area contributed by atoms with Crippen LogP contribution in [0.5, 0.6) is 0 Å².